The summed E-state index contributed by atoms with van der Waals surface area (Å²) in [5.74, 6) is 0. The molecule has 0 atom stereocenters. The minimum Gasteiger partial charge on any atom is -0.256 e. The smallest absolute Gasteiger partial charge is 0.0708 e. The van der Waals surface area contributed by atoms with Crippen LogP contribution in [0.4, 0.5) is 0 Å². The van der Waals surface area contributed by atoms with Crippen LogP contribution in [0.1, 0.15) is 22.3 Å². The van der Waals surface area contributed by atoms with Crippen LogP contribution in [0.3, 0.4) is 0 Å². The maximum absolute atomic E-state index is 4.83. The lowest BCUT2D eigenvalue weighted by Gasteiger charge is -2.15. The van der Waals surface area contributed by atoms with Crippen molar-refractivity contribution in [2.45, 2.75) is 0 Å². The van der Waals surface area contributed by atoms with Crippen molar-refractivity contribution in [2.75, 3.05) is 0 Å². The number of hydrogen-bond donors (Lipinski definition) is 0. The van der Waals surface area contributed by atoms with Gasteiger partial charge in [0.15, 0.2) is 0 Å². The Bertz CT molecular complexity index is 1680. The molecule has 0 saturated carbocycles. The van der Waals surface area contributed by atoms with E-state index in [9.17, 15) is 0 Å². The van der Waals surface area contributed by atoms with E-state index in [1.807, 2.05) is 12.3 Å². The maximum atomic E-state index is 4.83. The van der Waals surface area contributed by atoms with Gasteiger partial charge in [0.25, 0.3) is 0 Å². The molecular weight excluding hydrogens is 410 g/mol. The molecule has 0 spiro atoms. The number of benzene rings is 5. The van der Waals surface area contributed by atoms with Crippen LogP contribution in [0.15, 0.2) is 115 Å². The predicted octanol–water partition coefficient (Wildman–Crippen LogP) is 8.88. The Kier molecular flexibility index (Phi) is 5.21. The average Bonchev–Trinajstić information content (AvgIpc) is 2.91. The lowest BCUT2D eigenvalue weighted by Crippen LogP contribution is -1.92. The fourth-order valence-corrected chi connectivity index (χ4v) is 4.71. The van der Waals surface area contributed by atoms with Crippen LogP contribution in [0.2, 0.25) is 0 Å². The van der Waals surface area contributed by atoms with Crippen molar-refractivity contribution in [2.24, 2.45) is 0 Å². The lowest BCUT2D eigenvalue weighted by atomic mass is 9.89. The molecule has 0 saturated heterocycles. The highest BCUT2D eigenvalue weighted by molar-refractivity contribution is 6.21. The Morgan fingerprint density at radius 1 is 0.412 bits per heavy atom. The Morgan fingerprint density at radius 3 is 1.56 bits per heavy atom. The standard InChI is InChI=1S/C33H23N/c1-3-11-24(12-4-1)19-21-28-26-15-7-8-16-27(26)29(22-20-25-13-5-2-6-14-25)33-30-17-9-10-18-32(30)34-23-31(28)33/h1-23H/b21-19+,22-20+. The molecule has 0 bridgehead atoms. The minimum absolute atomic E-state index is 1.01. The molecular formula is C33H23N. The van der Waals surface area contributed by atoms with E-state index >= 15 is 0 Å². The van der Waals surface area contributed by atoms with E-state index in [2.05, 4.69) is 127 Å². The summed E-state index contributed by atoms with van der Waals surface area (Å²) in [5.41, 5.74) is 5.81. The van der Waals surface area contributed by atoms with Gasteiger partial charge in [-0.3, -0.25) is 4.98 Å². The van der Waals surface area contributed by atoms with Crippen molar-refractivity contribution in [3.8, 4) is 0 Å². The summed E-state index contributed by atoms with van der Waals surface area (Å²) in [6.07, 6.45) is 10.9. The fourth-order valence-electron chi connectivity index (χ4n) is 4.71. The van der Waals surface area contributed by atoms with Gasteiger partial charge in [-0.15, -0.1) is 0 Å². The predicted molar refractivity (Wildman–Crippen MR) is 147 cm³/mol. The van der Waals surface area contributed by atoms with E-state index in [1.54, 1.807) is 0 Å². The van der Waals surface area contributed by atoms with E-state index in [4.69, 9.17) is 4.98 Å². The quantitative estimate of drug-likeness (QED) is 0.154. The van der Waals surface area contributed by atoms with Crippen LogP contribution < -0.4 is 0 Å². The Morgan fingerprint density at radius 2 is 0.912 bits per heavy atom. The van der Waals surface area contributed by atoms with E-state index in [-0.39, 0.29) is 0 Å². The van der Waals surface area contributed by atoms with Gasteiger partial charge in [0, 0.05) is 22.4 Å². The van der Waals surface area contributed by atoms with Gasteiger partial charge in [0.1, 0.15) is 0 Å². The van der Waals surface area contributed by atoms with Crippen LogP contribution in [0.25, 0.3) is 56.8 Å². The number of hydrogen-bond acceptors (Lipinski definition) is 1. The average molecular weight is 434 g/mol. The van der Waals surface area contributed by atoms with Crippen LogP contribution in [0.5, 0.6) is 0 Å². The van der Waals surface area contributed by atoms with Crippen LogP contribution >= 0.6 is 0 Å². The fraction of sp³-hybridized carbons (Fsp3) is 0. The highest BCUT2D eigenvalue weighted by atomic mass is 14.6. The molecule has 0 radical (unpaired) electrons. The molecule has 1 nitrogen and oxygen atoms in total. The van der Waals surface area contributed by atoms with Crippen molar-refractivity contribution >= 4 is 56.8 Å². The summed E-state index contributed by atoms with van der Waals surface area (Å²) in [7, 11) is 0. The zero-order valence-electron chi connectivity index (χ0n) is 18.7. The number of nitrogens with zero attached hydrogens (tertiary/aromatic N) is 1. The third kappa shape index (κ3) is 3.68. The monoisotopic (exact) mass is 433 g/mol. The zero-order valence-corrected chi connectivity index (χ0v) is 18.7. The molecule has 1 heteroatoms. The second kappa shape index (κ2) is 8.80. The molecule has 0 aliphatic heterocycles. The molecule has 0 amide bonds. The SMILES string of the molecule is C(=C\c1c2ccccc2c(/C=C/c2ccccc2)c2c1cnc1ccccc12)/c1ccccc1. The summed E-state index contributed by atoms with van der Waals surface area (Å²) >= 11 is 0. The molecule has 0 aliphatic rings. The Labute approximate surface area is 199 Å². The molecule has 0 unspecified atom stereocenters. The van der Waals surface area contributed by atoms with E-state index in [0.29, 0.717) is 0 Å². The molecule has 0 fully saturated rings. The molecule has 34 heavy (non-hydrogen) atoms. The van der Waals surface area contributed by atoms with E-state index in [1.165, 1.54) is 43.8 Å². The number of rotatable bonds is 4. The van der Waals surface area contributed by atoms with Crippen LogP contribution in [-0.4, -0.2) is 4.98 Å². The first-order chi connectivity index (χ1) is 16.9. The normalized spacial score (nSPS) is 11.9. The summed E-state index contributed by atoms with van der Waals surface area (Å²) in [6, 6.07) is 38.1. The third-order valence-corrected chi connectivity index (χ3v) is 6.33. The number of para-hydroxylation sites is 1. The Hall–Kier alpha value is -4.49. The topological polar surface area (TPSA) is 12.9 Å². The van der Waals surface area contributed by atoms with Gasteiger partial charge in [0.05, 0.1) is 5.52 Å². The minimum atomic E-state index is 1.01. The van der Waals surface area contributed by atoms with Gasteiger partial charge in [-0.2, -0.15) is 0 Å². The number of aromatic nitrogens is 1. The number of fused-ring (bicyclic) bond motifs is 4. The van der Waals surface area contributed by atoms with Crippen molar-refractivity contribution in [1.29, 1.82) is 0 Å². The van der Waals surface area contributed by atoms with Gasteiger partial charge in [-0.25, -0.2) is 0 Å². The van der Waals surface area contributed by atoms with Crippen molar-refractivity contribution < 1.29 is 0 Å². The highest BCUT2D eigenvalue weighted by Crippen LogP contribution is 2.38. The second-order valence-electron chi connectivity index (χ2n) is 8.42. The number of pyridine rings is 1. The molecule has 0 aliphatic carbocycles. The van der Waals surface area contributed by atoms with Gasteiger partial charge in [-0.05, 0) is 39.1 Å². The molecule has 5 aromatic carbocycles. The largest absolute Gasteiger partial charge is 0.256 e. The summed E-state index contributed by atoms with van der Waals surface area (Å²) in [4.78, 5) is 4.83. The summed E-state index contributed by atoms with van der Waals surface area (Å²) in [6.45, 7) is 0. The third-order valence-electron chi connectivity index (χ3n) is 6.33. The van der Waals surface area contributed by atoms with Crippen LogP contribution in [-0.2, 0) is 0 Å². The molecule has 6 rings (SSSR count). The summed E-state index contributed by atoms with van der Waals surface area (Å²) in [5, 5.41) is 6.05. The van der Waals surface area contributed by atoms with Gasteiger partial charge < -0.3 is 0 Å². The first-order valence-corrected chi connectivity index (χ1v) is 11.6. The molecule has 1 heterocycles. The Balaban J connectivity index is 1.70. The van der Waals surface area contributed by atoms with Crippen molar-refractivity contribution in [3.63, 3.8) is 0 Å². The maximum Gasteiger partial charge on any atom is 0.0708 e. The van der Waals surface area contributed by atoms with E-state index in [0.717, 1.165) is 10.9 Å². The van der Waals surface area contributed by atoms with Crippen molar-refractivity contribution in [3.05, 3.63) is 138 Å². The van der Waals surface area contributed by atoms with Gasteiger partial charge in [0.2, 0.25) is 0 Å². The second-order valence-corrected chi connectivity index (χ2v) is 8.42. The first-order valence-electron chi connectivity index (χ1n) is 11.6. The van der Waals surface area contributed by atoms with Gasteiger partial charge in [-0.1, -0.05) is 127 Å². The zero-order chi connectivity index (χ0) is 22.7. The van der Waals surface area contributed by atoms with Gasteiger partial charge >= 0.3 is 0 Å². The molecule has 160 valence electrons. The summed E-state index contributed by atoms with van der Waals surface area (Å²) < 4.78 is 0. The van der Waals surface area contributed by atoms with E-state index < -0.39 is 0 Å². The van der Waals surface area contributed by atoms with Crippen LogP contribution in [0, 0.1) is 0 Å². The highest BCUT2D eigenvalue weighted by Gasteiger charge is 2.14. The first kappa shape index (κ1) is 20.1. The molecule has 0 N–H and O–H groups in total. The van der Waals surface area contributed by atoms with Crippen molar-refractivity contribution in [1.82, 2.24) is 4.98 Å². The molecule has 1 aromatic heterocycles. The lowest BCUT2D eigenvalue weighted by molar-refractivity contribution is 1.44. The molecule has 6 aromatic rings.